The smallest absolute Gasteiger partial charge is 0.251 e. The standard InChI is InChI=1S/C13H13ClN2O2/c1-7-8(2)13(18)16-11-5-9(3-4-10(7)11)15-12(17)6-14/h3-5H,6H2,1-2H3,(H,15,17)(H,16,18). The van der Waals surface area contributed by atoms with Crippen LogP contribution in [0.2, 0.25) is 0 Å². The van der Waals surface area contributed by atoms with Crippen molar-refractivity contribution >= 4 is 34.1 Å². The van der Waals surface area contributed by atoms with Crippen LogP contribution in [0.4, 0.5) is 5.69 Å². The number of hydrogen-bond acceptors (Lipinski definition) is 2. The van der Waals surface area contributed by atoms with Crippen LogP contribution >= 0.6 is 11.6 Å². The number of fused-ring (bicyclic) bond motifs is 1. The molecule has 18 heavy (non-hydrogen) atoms. The molecule has 0 fully saturated rings. The van der Waals surface area contributed by atoms with E-state index in [1.54, 1.807) is 19.1 Å². The molecule has 0 unspecified atom stereocenters. The van der Waals surface area contributed by atoms with E-state index in [9.17, 15) is 9.59 Å². The molecule has 0 aliphatic carbocycles. The Kier molecular flexibility index (Phi) is 3.39. The van der Waals surface area contributed by atoms with Gasteiger partial charge in [0.05, 0.1) is 5.52 Å². The fourth-order valence-corrected chi connectivity index (χ4v) is 1.90. The van der Waals surface area contributed by atoms with Gasteiger partial charge in [0, 0.05) is 16.6 Å². The van der Waals surface area contributed by atoms with Crippen LogP contribution in [0.5, 0.6) is 0 Å². The first-order valence-electron chi connectivity index (χ1n) is 5.52. The van der Waals surface area contributed by atoms with Crippen molar-refractivity contribution in [3.05, 3.63) is 39.7 Å². The van der Waals surface area contributed by atoms with Gasteiger partial charge < -0.3 is 10.3 Å². The first-order valence-corrected chi connectivity index (χ1v) is 6.05. The number of aryl methyl sites for hydroxylation is 1. The number of H-pyrrole nitrogens is 1. The summed E-state index contributed by atoms with van der Waals surface area (Å²) < 4.78 is 0. The molecule has 0 aliphatic rings. The lowest BCUT2D eigenvalue weighted by Gasteiger charge is -2.08. The molecule has 5 heteroatoms. The number of rotatable bonds is 2. The predicted molar refractivity (Wildman–Crippen MR) is 73.4 cm³/mol. The maximum atomic E-state index is 11.7. The molecule has 0 saturated heterocycles. The molecule has 0 bridgehead atoms. The minimum absolute atomic E-state index is 0.0958. The third kappa shape index (κ3) is 2.24. The number of amides is 1. The van der Waals surface area contributed by atoms with Gasteiger partial charge in [0.2, 0.25) is 5.91 Å². The van der Waals surface area contributed by atoms with Crippen molar-refractivity contribution in [2.24, 2.45) is 0 Å². The third-order valence-corrected chi connectivity index (χ3v) is 3.22. The van der Waals surface area contributed by atoms with Gasteiger partial charge in [-0.05, 0) is 31.5 Å². The number of alkyl halides is 1. The van der Waals surface area contributed by atoms with Crippen molar-refractivity contribution in [2.45, 2.75) is 13.8 Å². The maximum absolute atomic E-state index is 11.7. The monoisotopic (exact) mass is 264 g/mol. The molecule has 2 aromatic rings. The van der Waals surface area contributed by atoms with Gasteiger partial charge in [0.1, 0.15) is 5.88 Å². The average molecular weight is 265 g/mol. The van der Waals surface area contributed by atoms with Gasteiger partial charge in [-0.15, -0.1) is 11.6 Å². The number of aromatic amines is 1. The lowest BCUT2D eigenvalue weighted by molar-refractivity contribution is -0.113. The summed E-state index contributed by atoms with van der Waals surface area (Å²) in [6, 6.07) is 5.39. The molecule has 0 saturated carbocycles. The van der Waals surface area contributed by atoms with E-state index < -0.39 is 0 Å². The topological polar surface area (TPSA) is 62.0 Å². The Morgan fingerprint density at radius 2 is 2.06 bits per heavy atom. The largest absolute Gasteiger partial charge is 0.325 e. The Morgan fingerprint density at radius 1 is 1.33 bits per heavy atom. The van der Waals surface area contributed by atoms with E-state index >= 15 is 0 Å². The van der Waals surface area contributed by atoms with E-state index in [2.05, 4.69) is 10.3 Å². The maximum Gasteiger partial charge on any atom is 0.251 e. The van der Waals surface area contributed by atoms with Crippen LogP contribution in [0.1, 0.15) is 11.1 Å². The number of carbonyl (C=O) groups is 1. The quantitative estimate of drug-likeness (QED) is 0.818. The van der Waals surface area contributed by atoms with E-state index in [0.29, 0.717) is 16.8 Å². The average Bonchev–Trinajstić information content (AvgIpc) is 2.35. The van der Waals surface area contributed by atoms with E-state index in [0.717, 1.165) is 10.9 Å². The van der Waals surface area contributed by atoms with Gasteiger partial charge >= 0.3 is 0 Å². The number of halogens is 1. The lowest BCUT2D eigenvalue weighted by atomic mass is 10.1. The van der Waals surface area contributed by atoms with Crippen molar-refractivity contribution in [2.75, 3.05) is 11.2 Å². The summed E-state index contributed by atoms with van der Waals surface area (Å²) in [6.07, 6.45) is 0. The minimum atomic E-state index is -0.276. The van der Waals surface area contributed by atoms with Crippen LogP contribution in [-0.4, -0.2) is 16.8 Å². The summed E-state index contributed by atoms with van der Waals surface area (Å²) >= 11 is 5.42. The molecule has 1 amide bonds. The first-order chi connectivity index (χ1) is 8.52. The number of pyridine rings is 1. The second-order valence-corrected chi connectivity index (χ2v) is 4.41. The van der Waals surface area contributed by atoms with Crippen molar-refractivity contribution in [3.63, 3.8) is 0 Å². The molecule has 0 atom stereocenters. The van der Waals surface area contributed by atoms with Crippen molar-refractivity contribution < 1.29 is 4.79 Å². The van der Waals surface area contributed by atoms with E-state index in [1.165, 1.54) is 0 Å². The fourth-order valence-electron chi connectivity index (χ4n) is 1.84. The van der Waals surface area contributed by atoms with Crippen molar-refractivity contribution in [1.82, 2.24) is 4.98 Å². The number of benzene rings is 1. The van der Waals surface area contributed by atoms with Gasteiger partial charge in [-0.25, -0.2) is 0 Å². The molecule has 0 aliphatic heterocycles. The molecule has 2 rings (SSSR count). The van der Waals surface area contributed by atoms with Crippen molar-refractivity contribution in [3.8, 4) is 0 Å². The van der Waals surface area contributed by atoms with Gasteiger partial charge in [-0.3, -0.25) is 9.59 Å². The summed E-state index contributed by atoms with van der Waals surface area (Å²) in [5.74, 6) is -0.371. The molecule has 1 heterocycles. The highest BCUT2D eigenvalue weighted by atomic mass is 35.5. The molecule has 94 valence electrons. The Morgan fingerprint density at radius 3 is 2.72 bits per heavy atom. The summed E-state index contributed by atoms with van der Waals surface area (Å²) in [5, 5.41) is 3.61. The number of aromatic nitrogens is 1. The van der Waals surface area contributed by atoms with Gasteiger partial charge in [0.15, 0.2) is 0 Å². The highest BCUT2D eigenvalue weighted by Gasteiger charge is 2.06. The summed E-state index contributed by atoms with van der Waals surface area (Å²) in [7, 11) is 0. The van der Waals surface area contributed by atoms with Crippen LogP contribution in [0.15, 0.2) is 23.0 Å². The molecule has 0 radical (unpaired) electrons. The van der Waals surface area contributed by atoms with E-state index in [1.807, 2.05) is 13.0 Å². The second kappa shape index (κ2) is 4.82. The Hall–Kier alpha value is -1.81. The zero-order chi connectivity index (χ0) is 13.3. The van der Waals surface area contributed by atoms with Crippen molar-refractivity contribution in [1.29, 1.82) is 0 Å². The number of anilines is 1. The van der Waals surface area contributed by atoms with Crippen LogP contribution in [0.3, 0.4) is 0 Å². The zero-order valence-corrected chi connectivity index (χ0v) is 10.9. The number of carbonyl (C=O) groups excluding carboxylic acids is 1. The van der Waals surface area contributed by atoms with Crippen LogP contribution < -0.4 is 10.9 Å². The second-order valence-electron chi connectivity index (χ2n) is 4.15. The van der Waals surface area contributed by atoms with Crippen LogP contribution in [-0.2, 0) is 4.79 Å². The Balaban J connectivity index is 2.56. The lowest BCUT2D eigenvalue weighted by Crippen LogP contribution is -2.14. The normalized spacial score (nSPS) is 10.6. The Bertz CT molecular complexity index is 676. The summed E-state index contributed by atoms with van der Waals surface area (Å²) in [6.45, 7) is 3.70. The molecule has 1 aromatic heterocycles. The van der Waals surface area contributed by atoms with Gasteiger partial charge in [0.25, 0.3) is 5.56 Å². The molecular weight excluding hydrogens is 252 g/mol. The van der Waals surface area contributed by atoms with Crippen LogP contribution in [0.25, 0.3) is 10.9 Å². The highest BCUT2D eigenvalue weighted by Crippen LogP contribution is 2.20. The molecular formula is C13H13ClN2O2. The van der Waals surface area contributed by atoms with Crippen LogP contribution in [0, 0.1) is 13.8 Å². The Labute approximate surface area is 109 Å². The highest BCUT2D eigenvalue weighted by molar-refractivity contribution is 6.29. The summed E-state index contributed by atoms with van der Waals surface area (Å²) in [4.78, 5) is 25.7. The van der Waals surface area contributed by atoms with Gasteiger partial charge in [-0.2, -0.15) is 0 Å². The third-order valence-electron chi connectivity index (χ3n) is 2.98. The van der Waals surface area contributed by atoms with Gasteiger partial charge in [-0.1, -0.05) is 6.07 Å². The number of nitrogens with one attached hydrogen (secondary N) is 2. The minimum Gasteiger partial charge on any atom is -0.325 e. The zero-order valence-electron chi connectivity index (χ0n) is 10.1. The SMILES string of the molecule is Cc1c(C)c2ccc(NC(=O)CCl)cc2[nH]c1=O. The number of hydrogen-bond donors (Lipinski definition) is 2. The first kappa shape index (κ1) is 12.6. The fraction of sp³-hybridized carbons (Fsp3) is 0.231. The van der Waals surface area contributed by atoms with E-state index in [4.69, 9.17) is 11.6 Å². The molecule has 2 N–H and O–H groups in total. The molecule has 0 spiro atoms. The predicted octanol–water partition coefficient (Wildman–Crippen LogP) is 2.32. The molecule has 1 aromatic carbocycles. The molecule has 4 nitrogen and oxygen atoms in total. The summed E-state index contributed by atoms with van der Waals surface area (Å²) in [5.41, 5.74) is 2.87. The van der Waals surface area contributed by atoms with E-state index in [-0.39, 0.29) is 17.3 Å².